The van der Waals surface area contributed by atoms with Gasteiger partial charge in [0.2, 0.25) is 22.7 Å². The van der Waals surface area contributed by atoms with Crippen molar-refractivity contribution in [2.75, 3.05) is 60.8 Å². The summed E-state index contributed by atoms with van der Waals surface area (Å²) in [5.74, 6) is 1.85. The normalized spacial score (nSPS) is 16.1. The first-order chi connectivity index (χ1) is 16.3. The smallest absolute Gasteiger partial charge is 0.247 e. The number of carbonyl (C=O) groups excluding carboxylic acids is 1. The molecule has 4 rings (SSSR count). The molecule has 184 valence electrons. The molecule has 0 atom stereocenters. The standard InChI is InChI=1S/C23H29N3O7S/c1-24(34(28,29)22-13-18(30-2)5-7-20(22)31-3)15-23(27)26-10-8-25(9-11-26)14-17-4-6-19-21(12-17)33-16-32-19/h4-7,12-13H,8-11,14-16H2,1-3H3. The van der Waals surface area contributed by atoms with Gasteiger partial charge in [0.15, 0.2) is 11.5 Å². The second kappa shape index (κ2) is 10.1. The SMILES string of the molecule is COc1ccc(OC)c(S(=O)(=O)N(C)CC(=O)N2CCN(Cc3ccc4c(c3)OCO4)CC2)c1. The zero-order valence-electron chi connectivity index (χ0n) is 19.5. The van der Waals surface area contributed by atoms with Gasteiger partial charge < -0.3 is 23.8 Å². The number of piperazine rings is 1. The highest BCUT2D eigenvalue weighted by Crippen LogP contribution is 2.33. The summed E-state index contributed by atoms with van der Waals surface area (Å²) in [6, 6.07) is 10.4. The Morgan fingerprint density at radius 1 is 1.00 bits per heavy atom. The van der Waals surface area contributed by atoms with Crippen molar-refractivity contribution >= 4 is 15.9 Å². The number of nitrogens with zero attached hydrogens (tertiary/aromatic N) is 3. The van der Waals surface area contributed by atoms with Crippen molar-refractivity contribution in [2.24, 2.45) is 0 Å². The highest BCUT2D eigenvalue weighted by atomic mass is 32.2. The number of methoxy groups -OCH3 is 2. The molecule has 2 aliphatic heterocycles. The summed E-state index contributed by atoms with van der Waals surface area (Å²) in [4.78, 5) is 16.8. The maximum atomic E-state index is 13.1. The lowest BCUT2D eigenvalue weighted by Gasteiger charge is -2.35. The number of hydrogen-bond donors (Lipinski definition) is 0. The van der Waals surface area contributed by atoms with E-state index in [2.05, 4.69) is 4.90 Å². The van der Waals surface area contributed by atoms with Gasteiger partial charge in [-0.1, -0.05) is 6.07 Å². The molecule has 1 amide bonds. The van der Waals surface area contributed by atoms with E-state index in [4.69, 9.17) is 18.9 Å². The van der Waals surface area contributed by atoms with Gasteiger partial charge in [-0.25, -0.2) is 8.42 Å². The van der Waals surface area contributed by atoms with Gasteiger partial charge >= 0.3 is 0 Å². The number of benzene rings is 2. The Kier molecular flexibility index (Phi) is 7.15. The van der Waals surface area contributed by atoms with Crippen LogP contribution in [0.3, 0.4) is 0 Å². The number of likely N-dealkylation sites (N-methyl/N-ethyl adjacent to an activating group) is 1. The average Bonchev–Trinajstić information content (AvgIpc) is 3.32. The van der Waals surface area contributed by atoms with Crippen molar-refractivity contribution in [3.63, 3.8) is 0 Å². The predicted octanol–water partition coefficient (Wildman–Crippen LogP) is 1.40. The Bertz CT molecular complexity index is 1150. The summed E-state index contributed by atoms with van der Waals surface area (Å²) >= 11 is 0. The molecule has 1 fully saturated rings. The van der Waals surface area contributed by atoms with Crippen LogP contribution in [0.1, 0.15) is 5.56 Å². The minimum atomic E-state index is -3.96. The van der Waals surface area contributed by atoms with Gasteiger partial charge in [-0.2, -0.15) is 4.31 Å². The van der Waals surface area contributed by atoms with Crippen LogP contribution in [0.25, 0.3) is 0 Å². The molecule has 1 saturated heterocycles. The molecule has 2 aromatic rings. The third kappa shape index (κ3) is 5.06. The van der Waals surface area contributed by atoms with Crippen LogP contribution in [0.2, 0.25) is 0 Å². The van der Waals surface area contributed by atoms with Crippen LogP contribution in [0.15, 0.2) is 41.3 Å². The van der Waals surface area contributed by atoms with Crippen LogP contribution in [-0.4, -0.2) is 89.2 Å². The van der Waals surface area contributed by atoms with Crippen molar-refractivity contribution < 1.29 is 32.2 Å². The Morgan fingerprint density at radius 3 is 2.44 bits per heavy atom. The summed E-state index contributed by atoms with van der Waals surface area (Å²) in [6.45, 7) is 3.17. The molecule has 2 aromatic carbocycles. The van der Waals surface area contributed by atoms with E-state index in [0.717, 1.165) is 27.9 Å². The molecule has 2 heterocycles. The second-order valence-corrected chi connectivity index (χ2v) is 10.1. The summed E-state index contributed by atoms with van der Waals surface area (Å²) in [5, 5.41) is 0. The molecule has 0 bridgehead atoms. The number of rotatable bonds is 8. The van der Waals surface area contributed by atoms with E-state index in [1.807, 2.05) is 18.2 Å². The number of amides is 1. The Labute approximate surface area is 199 Å². The van der Waals surface area contributed by atoms with E-state index in [0.29, 0.717) is 31.9 Å². The van der Waals surface area contributed by atoms with Gasteiger partial charge in [0.1, 0.15) is 16.4 Å². The first-order valence-electron chi connectivity index (χ1n) is 10.9. The molecule has 11 heteroatoms. The quantitative estimate of drug-likeness (QED) is 0.547. The van der Waals surface area contributed by atoms with Gasteiger partial charge in [0.25, 0.3) is 0 Å². The lowest BCUT2D eigenvalue weighted by molar-refractivity contribution is -0.133. The van der Waals surface area contributed by atoms with Gasteiger partial charge in [-0.15, -0.1) is 0 Å². The lowest BCUT2D eigenvalue weighted by atomic mass is 10.1. The number of fused-ring (bicyclic) bond motifs is 1. The number of hydrogen-bond acceptors (Lipinski definition) is 8. The van der Waals surface area contributed by atoms with Crippen molar-refractivity contribution in [3.8, 4) is 23.0 Å². The fraction of sp³-hybridized carbons (Fsp3) is 0.435. The van der Waals surface area contributed by atoms with E-state index in [1.165, 1.54) is 33.4 Å². The molecule has 34 heavy (non-hydrogen) atoms. The molecule has 0 N–H and O–H groups in total. The number of ether oxygens (including phenoxy) is 4. The molecule has 0 radical (unpaired) electrons. The maximum Gasteiger partial charge on any atom is 0.247 e. The van der Waals surface area contributed by atoms with Gasteiger partial charge in [0.05, 0.1) is 20.8 Å². The Hall–Kier alpha value is -3.02. The van der Waals surface area contributed by atoms with Crippen LogP contribution < -0.4 is 18.9 Å². The third-order valence-corrected chi connectivity index (χ3v) is 7.81. The fourth-order valence-electron chi connectivity index (χ4n) is 3.98. The first kappa shape index (κ1) is 24.1. The van der Waals surface area contributed by atoms with E-state index >= 15 is 0 Å². The Balaban J connectivity index is 1.34. The molecule has 0 aliphatic carbocycles. The average molecular weight is 492 g/mol. The highest BCUT2D eigenvalue weighted by Gasteiger charge is 2.30. The minimum Gasteiger partial charge on any atom is -0.497 e. The largest absolute Gasteiger partial charge is 0.497 e. The van der Waals surface area contributed by atoms with Crippen LogP contribution in [0.4, 0.5) is 0 Å². The molecular formula is C23H29N3O7S. The maximum absolute atomic E-state index is 13.1. The van der Waals surface area contributed by atoms with Crippen molar-refractivity contribution in [2.45, 2.75) is 11.4 Å². The number of carbonyl (C=O) groups is 1. The lowest BCUT2D eigenvalue weighted by Crippen LogP contribution is -2.51. The molecular weight excluding hydrogens is 462 g/mol. The summed E-state index contributed by atoms with van der Waals surface area (Å²) in [5.41, 5.74) is 1.11. The summed E-state index contributed by atoms with van der Waals surface area (Å²) in [6.07, 6.45) is 0. The molecule has 2 aliphatic rings. The topological polar surface area (TPSA) is 97.8 Å². The second-order valence-electron chi connectivity index (χ2n) is 8.12. The van der Waals surface area contributed by atoms with E-state index < -0.39 is 10.0 Å². The molecule has 0 aromatic heterocycles. The predicted molar refractivity (Wildman–Crippen MR) is 124 cm³/mol. The third-order valence-electron chi connectivity index (χ3n) is 5.99. The zero-order valence-corrected chi connectivity index (χ0v) is 20.3. The fourth-order valence-corrected chi connectivity index (χ4v) is 5.27. The summed E-state index contributed by atoms with van der Waals surface area (Å²) < 4.78 is 48.4. The molecule has 0 saturated carbocycles. The molecule has 0 unspecified atom stereocenters. The van der Waals surface area contributed by atoms with Crippen LogP contribution in [-0.2, 0) is 21.4 Å². The van der Waals surface area contributed by atoms with Crippen LogP contribution >= 0.6 is 0 Å². The number of sulfonamides is 1. The van der Waals surface area contributed by atoms with Crippen molar-refractivity contribution in [1.29, 1.82) is 0 Å². The van der Waals surface area contributed by atoms with Gasteiger partial charge in [-0.3, -0.25) is 9.69 Å². The monoisotopic (exact) mass is 491 g/mol. The van der Waals surface area contributed by atoms with Crippen LogP contribution in [0, 0.1) is 0 Å². The molecule has 10 nitrogen and oxygen atoms in total. The highest BCUT2D eigenvalue weighted by molar-refractivity contribution is 7.89. The van der Waals surface area contributed by atoms with E-state index in [1.54, 1.807) is 11.0 Å². The first-order valence-corrected chi connectivity index (χ1v) is 12.3. The minimum absolute atomic E-state index is 0.0433. The van der Waals surface area contributed by atoms with Crippen LogP contribution in [0.5, 0.6) is 23.0 Å². The van der Waals surface area contributed by atoms with Crippen molar-refractivity contribution in [3.05, 3.63) is 42.0 Å². The molecule has 0 spiro atoms. The van der Waals surface area contributed by atoms with E-state index in [9.17, 15) is 13.2 Å². The Morgan fingerprint density at radius 2 is 1.74 bits per heavy atom. The van der Waals surface area contributed by atoms with E-state index in [-0.39, 0.29) is 29.9 Å². The van der Waals surface area contributed by atoms with Crippen molar-refractivity contribution in [1.82, 2.24) is 14.1 Å². The van der Waals surface area contributed by atoms with Gasteiger partial charge in [-0.05, 0) is 29.8 Å². The zero-order chi connectivity index (χ0) is 24.3. The summed E-state index contributed by atoms with van der Waals surface area (Å²) in [7, 11) is 0.288. The van der Waals surface area contributed by atoms with Gasteiger partial charge in [0, 0.05) is 45.8 Å².